The molecular formula is C65H108O6. The lowest BCUT2D eigenvalue weighted by Gasteiger charge is -2.18. The van der Waals surface area contributed by atoms with Gasteiger partial charge in [-0.05, 0) is 116 Å². The zero-order valence-corrected chi connectivity index (χ0v) is 46.2. The molecule has 0 aliphatic heterocycles. The molecule has 1 atom stereocenters. The Hall–Kier alpha value is -3.93. The van der Waals surface area contributed by atoms with E-state index in [4.69, 9.17) is 14.2 Å². The van der Waals surface area contributed by atoms with Gasteiger partial charge in [0.15, 0.2) is 6.10 Å². The van der Waals surface area contributed by atoms with Crippen LogP contribution in [0.3, 0.4) is 0 Å². The van der Waals surface area contributed by atoms with Gasteiger partial charge >= 0.3 is 17.9 Å². The summed E-state index contributed by atoms with van der Waals surface area (Å²) in [6.07, 6.45) is 79.5. The second-order valence-electron chi connectivity index (χ2n) is 19.2. The van der Waals surface area contributed by atoms with E-state index >= 15 is 0 Å². The van der Waals surface area contributed by atoms with Gasteiger partial charge < -0.3 is 14.2 Å². The van der Waals surface area contributed by atoms with Crippen molar-refractivity contribution < 1.29 is 28.6 Å². The van der Waals surface area contributed by atoms with Crippen molar-refractivity contribution in [1.29, 1.82) is 0 Å². The minimum Gasteiger partial charge on any atom is -0.462 e. The largest absolute Gasteiger partial charge is 0.462 e. The summed E-state index contributed by atoms with van der Waals surface area (Å²) in [5.41, 5.74) is 0. The van der Waals surface area contributed by atoms with Crippen molar-refractivity contribution in [2.24, 2.45) is 0 Å². The van der Waals surface area contributed by atoms with Gasteiger partial charge in [-0.15, -0.1) is 0 Å². The van der Waals surface area contributed by atoms with Crippen LogP contribution in [0.25, 0.3) is 0 Å². The second-order valence-corrected chi connectivity index (χ2v) is 19.2. The maximum atomic E-state index is 12.8. The first-order valence-corrected chi connectivity index (χ1v) is 29.4. The van der Waals surface area contributed by atoms with Crippen molar-refractivity contribution in [1.82, 2.24) is 0 Å². The highest BCUT2D eigenvalue weighted by atomic mass is 16.6. The lowest BCUT2D eigenvalue weighted by atomic mass is 10.1. The summed E-state index contributed by atoms with van der Waals surface area (Å²) in [6.45, 7) is 6.42. The molecule has 404 valence electrons. The second kappa shape index (κ2) is 58.6. The first-order valence-electron chi connectivity index (χ1n) is 29.4. The van der Waals surface area contributed by atoms with E-state index in [0.29, 0.717) is 19.3 Å². The van der Waals surface area contributed by atoms with E-state index in [-0.39, 0.29) is 31.1 Å². The molecule has 0 N–H and O–H groups in total. The van der Waals surface area contributed by atoms with Gasteiger partial charge in [0.25, 0.3) is 0 Å². The zero-order chi connectivity index (χ0) is 51.4. The fourth-order valence-corrected chi connectivity index (χ4v) is 7.80. The fraction of sp³-hybridized carbons (Fsp3) is 0.677. The first kappa shape index (κ1) is 67.1. The highest BCUT2D eigenvalue weighted by Crippen LogP contribution is 2.14. The Kier molecular flexibility index (Phi) is 55.4. The van der Waals surface area contributed by atoms with E-state index in [1.165, 1.54) is 96.3 Å². The molecule has 0 rings (SSSR count). The van der Waals surface area contributed by atoms with Crippen molar-refractivity contribution in [2.45, 2.75) is 271 Å². The van der Waals surface area contributed by atoms with Gasteiger partial charge in [-0.25, -0.2) is 0 Å². The Morgan fingerprint density at radius 1 is 0.296 bits per heavy atom. The minimum atomic E-state index is -0.787. The number of carbonyl (C=O) groups is 3. The number of unbranched alkanes of at least 4 members (excludes halogenated alkanes) is 23. The van der Waals surface area contributed by atoms with Crippen LogP contribution in [0.1, 0.15) is 265 Å². The molecule has 0 saturated carbocycles. The Bertz CT molecular complexity index is 1460. The fourth-order valence-electron chi connectivity index (χ4n) is 7.80. The normalized spacial score (nSPS) is 12.9. The van der Waals surface area contributed by atoms with Gasteiger partial charge in [-0.2, -0.15) is 0 Å². The van der Waals surface area contributed by atoms with Gasteiger partial charge in [0, 0.05) is 19.3 Å². The Balaban J connectivity index is 4.19. The summed E-state index contributed by atoms with van der Waals surface area (Å²) in [5.74, 6) is -0.914. The molecule has 6 nitrogen and oxygen atoms in total. The first-order chi connectivity index (χ1) is 35.0. The van der Waals surface area contributed by atoms with Crippen LogP contribution in [-0.4, -0.2) is 37.2 Å². The molecular weight excluding hydrogens is 877 g/mol. The zero-order valence-electron chi connectivity index (χ0n) is 46.2. The summed E-state index contributed by atoms with van der Waals surface area (Å²) in [5, 5.41) is 0. The van der Waals surface area contributed by atoms with Crippen LogP contribution in [0.5, 0.6) is 0 Å². The summed E-state index contributed by atoms with van der Waals surface area (Å²) in [6, 6.07) is 0. The predicted molar refractivity (Wildman–Crippen MR) is 307 cm³/mol. The SMILES string of the molecule is CC/C=C\C/C=C\C/C=C\C/C=C\C/C=C\C/C=C\C/C=C\CCCCCCCCCCCC(=O)OCC(COC(=O)CCCCCCC/C=C\CCCC)OC(=O)CCCCCCC/C=C\CCCC. The molecule has 0 aromatic carbocycles. The molecule has 0 aromatic rings. The Labute approximate surface area is 438 Å². The quantitative estimate of drug-likeness (QED) is 0.0261. The third-order valence-corrected chi connectivity index (χ3v) is 12.2. The Morgan fingerprint density at radius 3 is 0.873 bits per heavy atom. The summed E-state index contributed by atoms with van der Waals surface area (Å²) >= 11 is 0. The van der Waals surface area contributed by atoms with E-state index in [1.807, 2.05) is 0 Å². The van der Waals surface area contributed by atoms with E-state index in [9.17, 15) is 14.4 Å². The van der Waals surface area contributed by atoms with Gasteiger partial charge in [0.05, 0.1) is 0 Å². The number of ether oxygens (including phenoxy) is 3. The minimum absolute atomic E-state index is 0.0875. The monoisotopic (exact) mass is 985 g/mol. The topological polar surface area (TPSA) is 78.9 Å². The maximum absolute atomic E-state index is 12.8. The third-order valence-electron chi connectivity index (χ3n) is 12.2. The van der Waals surface area contributed by atoms with Crippen LogP contribution >= 0.6 is 0 Å². The molecule has 0 fully saturated rings. The van der Waals surface area contributed by atoms with Crippen LogP contribution in [0.15, 0.2) is 109 Å². The van der Waals surface area contributed by atoms with Crippen molar-refractivity contribution in [3.8, 4) is 0 Å². The number of carbonyl (C=O) groups excluding carboxylic acids is 3. The van der Waals surface area contributed by atoms with E-state index in [1.54, 1.807) is 0 Å². The third kappa shape index (κ3) is 56.9. The predicted octanol–water partition coefficient (Wildman–Crippen LogP) is 19.9. The standard InChI is InChI=1S/C65H108O6/c1-4-7-10-13-16-19-22-23-24-25-26-27-28-29-30-31-32-33-34-35-36-37-38-39-40-41-44-46-49-52-55-58-64(67)70-61-62(71-65(68)59-56-53-50-47-43-21-18-15-12-9-6-3)60-69-63(66)57-54-51-48-45-42-20-17-14-11-8-5-2/h7,10,14-19,23-24,26-27,29-30,32-33,35-36,62H,4-6,8-9,11-13,20-22,25,28,31,34,37-61H2,1-3H3/b10-7-,17-14-,18-15-,19-16-,24-23-,27-26-,30-29-,33-32-,36-35-. The van der Waals surface area contributed by atoms with Crippen LogP contribution in [0, 0.1) is 0 Å². The molecule has 6 heteroatoms. The highest BCUT2D eigenvalue weighted by molar-refractivity contribution is 5.71. The molecule has 0 aliphatic carbocycles. The van der Waals surface area contributed by atoms with Gasteiger partial charge in [-0.1, -0.05) is 239 Å². The number of hydrogen-bond donors (Lipinski definition) is 0. The molecule has 0 bridgehead atoms. The number of allylic oxidation sites excluding steroid dienone is 18. The van der Waals surface area contributed by atoms with Crippen LogP contribution in [0.2, 0.25) is 0 Å². The number of hydrogen-bond acceptors (Lipinski definition) is 6. The molecule has 0 radical (unpaired) electrons. The lowest BCUT2D eigenvalue weighted by Crippen LogP contribution is -2.30. The van der Waals surface area contributed by atoms with E-state index in [2.05, 4.69) is 130 Å². The van der Waals surface area contributed by atoms with Gasteiger partial charge in [0.1, 0.15) is 13.2 Å². The van der Waals surface area contributed by atoms with Crippen molar-refractivity contribution in [3.63, 3.8) is 0 Å². The number of rotatable bonds is 52. The number of esters is 3. The van der Waals surface area contributed by atoms with Crippen LogP contribution in [0.4, 0.5) is 0 Å². The van der Waals surface area contributed by atoms with Crippen LogP contribution in [-0.2, 0) is 28.6 Å². The maximum Gasteiger partial charge on any atom is 0.306 e. The molecule has 0 aliphatic rings. The summed E-state index contributed by atoms with van der Waals surface area (Å²) < 4.78 is 16.8. The average Bonchev–Trinajstić information content (AvgIpc) is 3.37. The van der Waals surface area contributed by atoms with E-state index in [0.717, 1.165) is 128 Å². The highest BCUT2D eigenvalue weighted by Gasteiger charge is 2.19. The summed E-state index contributed by atoms with van der Waals surface area (Å²) in [7, 11) is 0. The van der Waals surface area contributed by atoms with E-state index < -0.39 is 6.10 Å². The summed E-state index contributed by atoms with van der Waals surface area (Å²) in [4.78, 5) is 38.0. The molecule has 0 spiro atoms. The lowest BCUT2D eigenvalue weighted by molar-refractivity contribution is -0.167. The smallest absolute Gasteiger partial charge is 0.306 e. The molecule has 71 heavy (non-hydrogen) atoms. The molecule has 0 aromatic heterocycles. The molecule has 0 saturated heterocycles. The van der Waals surface area contributed by atoms with Crippen molar-refractivity contribution in [3.05, 3.63) is 109 Å². The molecule has 0 heterocycles. The van der Waals surface area contributed by atoms with Crippen molar-refractivity contribution in [2.75, 3.05) is 13.2 Å². The molecule has 1 unspecified atom stereocenters. The van der Waals surface area contributed by atoms with Gasteiger partial charge in [-0.3, -0.25) is 14.4 Å². The van der Waals surface area contributed by atoms with Gasteiger partial charge in [0.2, 0.25) is 0 Å². The van der Waals surface area contributed by atoms with Crippen LogP contribution < -0.4 is 0 Å². The Morgan fingerprint density at radius 2 is 0.549 bits per heavy atom. The average molecular weight is 986 g/mol. The van der Waals surface area contributed by atoms with Crippen molar-refractivity contribution >= 4 is 17.9 Å². The molecule has 0 amide bonds.